The lowest BCUT2D eigenvalue weighted by atomic mass is 10.3. The quantitative estimate of drug-likeness (QED) is 0.463. The van der Waals surface area contributed by atoms with Gasteiger partial charge in [-0.3, -0.25) is 4.79 Å². The standard InChI is InChI=1S/C16H17FN6O3S/c1-9-7-13(22-26-9)19-15(24)10(2)27-16-21-20-14(23(16)18)8-25-12-6-4-3-5-11(12)17/h3-7,10H,8,18H2,1-2H3,(H,19,22,24). The summed E-state index contributed by atoms with van der Waals surface area (Å²) in [5.74, 6) is 6.48. The molecule has 0 aliphatic rings. The summed E-state index contributed by atoms with van der Waals surface area (Å²) in [5, 5.41) is 14.0. The van der Waals surface area contributed by atoms with E-state index in [1.54, 1.807) is 32.0 Å². The minimum atomic E-state index is -0.520. The first-order valence-electron chi connectivity index (χ1n) is 7.91. The number of ether oxygens (including phenoxy) is 1. The van der Waals surface area contributed by atoms with Gasteiger partial charge < -0.3 is 20.4 Å². The molecule has 0 bridgehead atoms. The van der Waals surface area contributed by atoms with E-state index in [0.717, 1.165) is 11.8 Å². The van der Waals surface area contributed by atoms with Gasteiger partial charge in [-0.2, -0.15) is 0 Å². The Morgan fingerprint density at radius 1 is 1.44 bits per heavy atom. The van der Waals surface area contributed by atoms with Gasteiger partial charge in [-0.15, -0.1) is 10.2 Å². The molecule has 1 aromatic carbocycles. The number of carbonyl (C=O) groups is 1. The molecule has 0 aliphatic carbocycles. The molecule has 0 aliphatic heterocycles. The SMILES string of the molecule is Cc1cc(NC(=O)C(C)Sc2nnc(COc3ccccc3F)n2N)no1. The second-order valence-electron chi connectivity index (χ2n) is 5.56. The highest BCUT2D eigenvalue weighted by Gasteiger charge is 2.20. The number of hydrogen-bond acceptors (Lipinski definition) is 8. The lowest BCUT2D eigenvalue weighted by Crippen LogP contribution is -2.24. The number of amides is 1. The van der Waals surface area contributed by atoms with E-state index in [-0.39, 0.29) is 18.3 Å². The van der Waals surface area contributed by atoms with Gasteiger partial charge >= 0.3 is 0 Å². The Labute approximate surface area is 158 Å². The third kappa shape index (κ3) is 4.56. The lowest BCUT2D eigenvalue weighted by molar-refractivity contribution is -0.115. The van der Waals surface area contributed by atoms with Crippen molar-refractivity contribution < 1.29 is 18.4 Å². The second kappa shape index (κ2) is 8.08. The van der Waals surface area contributed by atoms with E-state index in [9.17, 15) is 9.18 Å². The van der Waals surface area contributed by atoms with Gasteiger partial charge in [0, 0.05) is 6.07 Å². The number of thioether (sulfide) groups is 1. The van der Waals surface area contributed by atoms with Gasteiger partial charge in [0.25, 0.3) is 0 Å². The highest BCUT2D eigenvalue weighted by molar-refractivity contribution is 8.00. The zero-order chi connectivity index (χ0) is 19.4. The smallest absolute Gasteiger partial charge is 0.238 e. The summed E-state index contributed by atoms with van der Waals surface area (Å²) in [5.41, 5.74) is 0. The van der Waals surface area contributed by atoms with E-state index in [1.165, 1.54) is 16.8 Å². The topological polar surface area (TPSA) is 121 Å². The van der Waals surface area contributed by atoms with E-state index in [1.807, 2.05) is 0 Å². The number of nitrogens with one attached hydrogen (secondary N) is 1. The van der Waals surface area contributed by atoms with Crippen molar-refractivity contribution in [2.75, 3.05) is 11.2 Å². The molecule has 3 N–H and O–H groups in total. The fourth-order valence-corrected chi connectivity index (χ4v) is 2.84. The van der Waals surface area contributed by atoms with Crippen molar-refractivity contribution in [2.24, 2.45) is 0 Å². The molecule has 3 rings (SSSR count). The van der Waals surface area contributed by atoms with Crippen LogP contribution in [0, 0.1) is 12.7 Å². The number of nitrogens with two attached hydrogens (primary N) is 1. The van der Waals surface area contributed by atoms with Crippen molar-refractivity contribution in [3.05, 3.63) is 47.7 Å². The number of anilines is 1. The number of benzene rings is 1. The van der Waals surface area contributed by atoms with Crippen molar-refractivity contribution in [3.63, 3.8) is 0 Å². The molecule has 1 unspecified atom stereocenters. The number of hydrogen-bond donors (Lipinski definition) is 2. The van der Waals surface area contributed by atoms with Crippen LogP contribution < -0.4 is 15.9 Å². The van der Waals surface area contributed by atoms with Crippen LogP contribution in [0.15, 0.2) is 40.0 Å². The average Bonchev–Trinajstić information content (AvgIpc) is 3.20. The number of nitrogens with zero attached hydrogens (tertiary/aromatic N) is 4. The molecular formula is C16H17FN6O3S. The Kier molecular flexibility index (Phi) is 5.60. The van der Waals surface area contributed by atoms with Crippen LogP contribution in [0.1, 0.15) is 18.5 Å². The Morgan fingerprint density at radius 2 is 2.22 bits per heavy atom. The zero-order valence-electron chi connectivity index (χ0n) is 14.5. The molecule has 0 saturated heterocycles. The molecule has 0 radical (unpaired) electrons. The van der Waals surface area contributed by atoms with E-state index in [2.05, 4.69) is 20.7 Å². The molecule has 1 atom stereocenters. The fourth-order valence-electron chi connectivity index (χ4n) is 2.05. The maximum Gasteiger partial charge on any atom is 0.238 e. The summed E-state index contributed by atoms with van der Waals surface area (Å²) < 4.78 is 25.0. The Hall–Kier alpha value is -3.08. The van der Waals surface area contributed by atoms with E-state index >= 15 is 0 Å². The maximum atomic E-state index is 13.6. The number of rotatable bonds is 7. The zero-order valence-corrected chi connectivity index (χ0v) is 15.4. The summed E-state index contributed by atoms with van der Waals surface area (Å²) in [4.78, 5) is 12.2. The fraction of sp³-hybridized carbons (Fsp3) is 0.250. The largest absolute Gasteiger partial charge is 0.482 e. The first-order chi connectivity index (χ1) is 12.9. The minimum absolute atomic E-state index is 0.0657. The molecule has 0 saturated carbocycles. The summed E-state index contributed by atoms with van der Waals surface area (Å²) in [6, 6.07) is 7.62. The summed E-state index contributed by atoms with van der Waals surface area (Å²) in [6.45, 7) is 3.35. The van der Waals surface area contributed by atoms with Crippen LogP contribution in [0.25, 0.3) is 0 Å². The molecule has 0 spiro atoms. The molecule has 11 heteroatoms. The highest BCUT2D eigenvalue weighted by atomic mass is 32.2. The van der Waals surface area contributed by atoms with Crippen LogP contribution >= 0.6 is 11.8 Å². The van der Waals surface area contributed by atoms with E-state index in [0.29, 0.717) is 22.6 Å². The third-order valence-corrected chi connectivity index (χ3v) is 4.52. The number of aryl methyl sites for hydroxylation is 1. The van der Waals surface area contributed by atoms with Crippen molar-refractivity contribution in [1.29, 1.82) is 0 Å². The van der Waals surface area contributed by atoms with Gasteiger partial charge in [0.05, 0.1) is 5.25 Å². The van der Waals surface area contributed by atoms with Crippen LogP contribution in [-0.2, 0) is 11.4 Å². The number of halogens is 1. The average molecular weight is 392 g/mol. The molecule has 27 heavy (non-hydrogen) atoms. The minimum Gasteiger partial charge on any atom is -0.482 e. The summed E-state index contributed by atoms with van der Waals surface area (Å²) in [6.07, 6.45) is 0. The maximum absolute atomic E-state index is 13.6. The second-order valence-corrected chi connectivity index (χ2v) is 6.87. The molecule has 3 aromatic rings. The predicted octanol–water partition coefficient (Wildman–Crippen LogP) is 2.13. The van der Waals surface area contributed by atoms with Crippen LogP contribution in [-0.4, -0.2) is 31.2 Å². The van der Waals surface area contributed by atoms with Crippen molar-refractivity contribution in [1.82, 2.24) is 20.0 Å². The Bertz CT molecular complexity index is 944. The molecule has 9 nitrogen and oxygen atoms in total. The molecular weight excluding hydrogens is 375 g/mol. The normalized spacial score (nSPS) is 12.0. The van der Waals surface area contributed by atoms with Crippen molar-refractivity contribution in [2.45, 2.75) is 30.9 Å². The van der Waals surface area contributed by atoms with Gasteiger partial charge in [0.1, 0.15) is 12.4 Å². The van der Waals surface area contributed by atoms with Gasteiger partial charge in [-0.1, -0.05) is 29.1 Å². The number of aromatic nitrogens is 4. The first-order valence-corrected chi connectivity index (χ1v) is 8.79. The van der Waals surface area contributed by atoms with Crippen LogP contribution in [0.5, 0.6) is 5.75 Å². The van der Waals surface area contributed by atoms with Crippen LogP contribution in [0.2, 0.25) is 0 Å². The van der Waals surface area contributed by atoms with Crippen LogP contribution in [0.4, 0.5) is 10.2 Å². The van der Waals surface area contributed by atoms with Crippen molar-refractivity contribution in [3.8, 4) is 5.75 Å². The van der Waals surface area contributed by atoms with Gasteiger partial charge in [0.2, 0.25) is 11.1 Å². The molecule has 2 heterocycles. The summed E-state index contributed by atoms with van der Waals surface area (Å²) >= 11 is 1.11. The highest BCUT2D eigenvalue weighted by Crippen LogP contribution is 2.23. The monoisotopic (exact) mass is 392 g/mol. The van der Waals surface area contributed by atoms with Crippen molar-refractivity contribution >= 4 is 23.5 Å². The number of nitrogen functional groups attached to an aromatic ring is 1. The molecule has 1 amide bonds. The Balaban J connectivity index is 1.59. The molecule has 0 fully saturated rings. The summed E-state index contributed by atoms with van der Waals surface area (Å²) in [7, 11) is 0. The molecule has 142 valence electrons. The molecule has 2 aromatic heterocycles. The third-order valence-electron chi connectivity index (χ3n) is 3.46. The number of carbonyl (C=O) groups excluding carboxylic acids is 1. The van der Waals surface area contributed by atoms with E-state index < -0.39 is 11.1 Å². The Morgan fingerprint density at radius 3 is 2.93 bits per heavy atom. The van der Waals surface area contributed by atoms with E-state index in [4.69, 9.17) is 15.1 Å². The van der Waals surface area contributed by atoms with Gasteiger partial charge in [-0.05, 0) is 26.0 Å². The first kappa shape index (κ1) is 18.7. The van der Waals surface area contributed by atoms with Crippen LogP contribution in [0.3, 0.4) is 0 Å². The van der Waals surface area contributed by atoms with Gasteiger partial charge in [0.15, 0.2) is 23.2 Å². The van der Waals surface area contributed by atoms with Gasteiger partial charge in [-0.25, -0.2) is 9.07 Å². The lowest BCUT2D eigenvalue weighted by Gasteiger charge is -2.10. The number of para-hydroxylation sites is 1. The predicted molar refractivity (Wildman–Crippen MR) is 96.1 cm³/mol.